The van der Waals surface area contributed by atoms with Crippen molar-refractivity contribution in [3.05, 3.63) is 0 Å². The molecular formula is C18H32O3S. The van der Waals surface area contributed by atoms with Gasteiger partial charge in [0.15, 0.2) is 9.84 Å². The predicted molar refractivity (Wildman–Crippen MR) is 90.7 cm³/mol. The summed E-state index contributed by atoms with van der Waals surface area (Å²) in [5.41, 5.74) is 0. The third-order valence-electron chi connectivity index (χ3n) is 5.56. The summed E-state index contributed by atoms with van der Waals surface area (Å²) in [5.74, 6) is 0.360. The molecule has 0 aliphatic carbocycles. The molecule has 2 rings (SSSR count). The van der Waals surface area contributed by atoms with Crippen molar-refractivity contribution in [2.75, 3.05) is 0 Å². The van der Waals surface area contributed by atoms with Crippen LogP contribution >= 0.6 is 0 Å². The van der Waals surface area contributed by atoms with Crippen LogP contribution in [0.1, 0.15) is 90.4 Å². The molecule has 4 heteroatoms. The van der Waals surface area contributed by atoms with Crippen molar-refractivity contribution in [3.8, 4) is 0 Å². The standard InChI is InChI=1S/C18H32O3S/c1-2-3-4-5-6-7-8-12-18(19)15-13-16-10-9-11-17(14-15)22(16,20)21/h15-17H,2-14H2,1H3. The molecule has 0 aromatic rings. The Balaban J connectivity index is 1.68. The molecule has 2 bridgehead atoms. The van der Waals surface area contributed by atoms with E-state index in [1.54, 1.807) is 0 Å². The molecule has 3 nitrogen and oxygen atoms in total. The SMILES string of the molecule is CCCCCCCCCC(=O)C1CC2CCCC(C1)S2(=O)=O. The van der Waals surface area contributed by atoms with Gasteiger partial charge in [0.1, 0.15) is 5.78 Å². The fourth-order valence-electron chi connectivity index (χ4n) is 4.13. The lowest BCUT2D eigenvalue weighted by Gasteiger charge is -2.38. The van der Waals surface area contributed by atoms with E-state index >= 15 is 0 Å². The molecule has 0 radical (unpaired) electrons. The Hall–Kier alpha value is -0.380. The first kappa shape index (κ1) is 18.0. The van der Waals surface area contributed by atoms with Crippen LogP contribution in [-0.2, 0) is 14.6 Å². The number of Topliss-reactive ketones (excluding diaryl/α,β-unsaturated/α-hetero) is 1. The van der Waals surface area contributed by atoms with Gasteiger partial charge in [-0.05, 0) is 32.1 Å². The smallest absolute Gasteiger partial charge is 0.156 e. The molecule has 2 fully saturated rings. The van der Waals surface area contributed by atoms with E-state index in [1.165, 1.54) is 32.1 Å². The van der Waals surface area contributed by atoms with E-state index in [2.05, 4.69) is 6.92 Å². The highest BCUT2D eigenvalue weighted by atomic mass is 32.2. The van der Waals surface area contributed by atoms with Crippen molar-refractivity contribution in [1.29, 1.82) is 0 Å². The summed E-state index contributed by atoms with van der Waals surface area (Å²) in [4.78, 5) is 12.4. The van der Waals surface area contributed by atoms with E-state index in [-0.39, 0.29) is 16.4 Å². The zero-order chi connectivity index (χ0) is 16.0. The Morgan fingerprint density at radius 2 is 1.45 bits per heavy atom. The number of carbonyl (C=O) groups excluding carboxylic acids is 1. The molecule has 0 spiro atoms. The normalized spacial score (nSPS) is 30.1. The second kappa shape index (κ2) is 8.47. The van der Waals surface area contributed by atoms with Gasteiger partial charge in [-0.3, -0.25) is 4.79 Å². The predicted octanol–water partition coefficient (Wildman–Crippen LogP) is 4.44. The summed E-state index contributed by atoms with van der Waals surface area (Å²) in [6, 6.07) is 0. The zero-order valence-electron chi connectivity index (χ0n) is 14.1. The first-order valence-electron chi connectivity index (χ1n) is 9.31. The molecule has 0 saturated carbocycles. The van der Waals surface area contributed by atoms with Crippen molar-refractivity contribution >= 4 is 15.6 Å². The van der Waals surface area contributed by atoms with Crippen molar-refractivity contribution in [3.63, 3.8) is 0 Å². The maximum absolute atomic E-state index is 12.4. The average molecular weight is 329 g/mol. The van der Waals surface area contributed by atoms with Crippen LogP contribution in [0.15, 0.2) is 0 Å². The number of unbranched alkanes of at least 4 members (excludes halogenated alkanes) is 6. The quantitative estimate of drug-likeness (QED) is 0.588. The highest BCUT2D eigenvalue weighted by Crippen LogP contribution is 2.40. The third kappa shape index (κ3) is 4.56. The lowest BCUT2D eigenvalue weighted by molar-refractivity contribution is -0.123. The molecule has 2 saturated heterocycles. The number of sulfone groups is 1. The molecule has 0 amide bonds. The second-order valence-electron chi connectivity index (χ2n) is 7.27. The Bertz CT molecular complexity index is 435. The number of ketones is 1. The van der Waals surface area contributed by atoms with Crippen molar-refractivity contribution in [1.82, 2.24) is 0 Å². The van der Waals surface area contributed by atoms with E-state index in [4.69, 9.17) is 0 Å². The topological polar surface area (TPSA) is 51.2 Å². The third-order valence-corrected chi connectivity index (χ3v) is 8.27. The minimum absolute atomic E-state index is 0.0268. The molecule has 22 heavy (non-hydrogen) atoms. The molecule has 0 aromatic heterocycles. The van der Waals surface area contributed by atoms with Crippen molar-refractivity contribution in [2.24, 2.45) is 5.92 Å². The van der Waals surface area contributed by atoms with Gasteiger partial charge in [0.05, 0.1) is 10.5 Å². The first-order valence-corrected chi connectivity index (χ1v) is 10.9. The van der Waals surface area contributed by atoms with E-state index in [0.717, 1.165) is 32.1 Å². The van der Waals surface area contributed by atoms with Gasteiger partial charge in [0.25, 0.3) is 0 Å². The van der Waals surface area contributed by atoms with Gasteiger partial charge in [-0.1, -0.05) is 51.9 Å². The summed E-state index contributed by atoms with van der Waals surface area (Å²) in [7, 11) is -2.92. The van der Waals surface area contributed by atoms with Gasteiger partial charge in [-0.2, -0.15) is 0 Å². The van der Waals surface area contributed by atoms with Gasteiger partial charge < -0.3 is 0 Å². The number of rotatable bonds is 9. The fraction of sp³-hybridized carbons (Fsp3) is 0.944. The zero-order valence-corrected chi connectivity index (χ0v) is 14.9. The van der Waals surface area contributed by atoms with Crippen molar-refractivity contribution in [2.45, 2.75) is 101 Å². The van der Waals surface area contributed by atoms with Crippen LogP contribution in [0.2, 0.25) is 0 Å². The highest BCUT2D eigenvalue weighted by Gasteiger charge is 2.45. The molecule has 2 aliphatic rings. The van der Waals surface area contributed by atoms with Crippen LogP contribution in [0.5, 0.6) is 0 Å². The van der Waals surface area contributed by atoms with Crippen LogP contribution in [0.25, 0.3) is 0 Å². The van der Waals surface area contributed by atoms with E-state index in [1.807, 2.05) is 0 Å². The molecule has 2 heterocycles. The van der Waals surface area contributed by atoms with Crippen LogP contribution < -0.4 is 0 Å². The van der Waals surface area contributed by atoms with E-state index in [0.29, 0.717) is 25.0 Å². The van der Waals surface area contributed by atoms with Gasteiger partial charge in [-0.15, -0.1) is 0 Å². The van der Waals surface area contributed by atoms with Crippen LogP contribution in [0.3, 0.4) is 0 Å². The fourth-order valence-corrected chi connectivity index (χ4v) is 6.67. The van der Waals surface area contributed by atoms with Gasteiger partial charge in [-0.25, -0.2) is 8.42 Å². The summed E-state index contributed by atoms with van der Waals surface area (Å²) in [6.45, 7) is 2.22. The molecule has 2 aliphatic heterocycles. The first-order chi connectivity index (χ1) is 10.6. The average Bonchev–Trinajstić information content (AvgIpc) is 2.45. The number of carbonyl (C=O) groups is 1. The number of hydrogen-bond acceptors (Lipinski definition) is 3. The van der Waals surface area contributed by atoms with Gasteiger partial charge in [0, 0.05) is 12.3 Å². The lowest BCUT2D eigenvalue weighted by Crippen LogP contribution is -2.45. The molecular weight excluding hydrogens is 296 g/mol. The minimum atomic E-state index is -2.92. The maximum atomic E-state index is 12.4. The summed E-state index contributed by atoms with van der Waals surface area (Å²) in [6.07, 6.45) is 13.0. The lowest BCUT2D eigenvalue weighted by atomic mass is 9.85. The summed E-state index contributed by atoms with van der Waals surface area (Å²) >= 11 is 0. The molecule has 0 N–H and O–H groups in total. The Morgan fingerprint density at radius 1 is 0.909 bits per heavy atom. The molecule has 2 atom stereocenters. The monoisotopic (exact) mass is 328 g/mol. The van der Waals surface area contributed by atoms with Gasteiger partial charge >= 0.3 is 0 Å². The molecule has 128 valence electrons. The Labute approximate surface area is 136 Å². The number of fused-ring (bicyclic) bond motifs is 2. The molecule has 2 unspecified atom stereocenters. The van der Waals surface area contributed by atoms with Gasteiger partial charge in [0.2, 0.25) is 0 Å². The minimum Gasteiger partial charge on any atom is -0.299 e. The summed E-state index contributed by atoms with van der Waals surface area (Å²) < 4.78 is 24.5. The van der Waals surface area contributed by atoms with E-state index < -0.39 is 9.84 Å². The van der Waals surface area contributed by atoms with Crippen LogP contribution in [-0.4, -0.2) is 24.7 Å². The maximum Gasteiger partial charge on any atom is 0.156 e. The Kier molecular flexibility index (Phi) is 6.91. The molecule has 0 aromatic carbocycles. The number of hydrogen-bond donors (Lipinski definition) is 0. The highest BCUT2D eigenvalue weighted by molar-refractivity contribution is 7.92. The van der Waals surface area contributed by atoms with Crippen LogP contribution in [0, 0.1) is 5.92 Å². The van der Waals surface area contributed by atoms with E-state index in [9.17, 15) is 13.2 Å². The van der Waals surface area contributed by atoms with Crippen molar-refractivity contribution < 1.29 is 13.2 Å². The Morgan fingerprint density at radius 3 is 2.05 bits per heavy atom. The second-order valence-corrected chi connectivity index (χ2v) is 9.78. The summed E-state index contributed by atoms with van der Waals surface area (Å²) in [5, 5.41) is -0.439. The van der Waals surface area contributed by atoms with Crippen LogP contribution in [0.4, 0.5) is 0 Å². The largest absolute Gasteiger partial charge is 0.299 e.